The Balaban J connectivity index is 1.96. The molecule has 0 aliphatic carbocycles. The highest BCUT2D eigenvalue weighted by atomic mass is 16.1. The summed E-state index contributed by atoms with van der Waals surface area (Å²) in [4.78, 5) is 12.0. The quantitative estimate of drug-likeness (QED) is 0.834. The second-order valence-corrected chi connectivity index (χ2v) is 4.82. The predicted molar refractivity (Wildman–Crippen MR) is 69.3 cm³/mol. The first-order chi connectivity index (χ1) is 8.16. The number of hydrogen-bond donors (Lipinski definition) is 2. The summed E-state index contributed by atoms with van der Waals surface area (Å²) >= 11 is 0. The number of benzene rings is 1. The van der Waals surface area contributed by atoms with Crippen molar-refractivity contribution >= 4 is 5.91 Å². The number of carbonyl (C=O) groups excluding carboxylic acids is 1. The van der Waals surface area contributed by atoms with Crippen molar-refractivity contribution in [1.29, 1.82) is 0 Å². The van der Waals surface area contributed by atoms with Gasteiger partial charge in [-0.2, -0.15) is 0 Å². The van der Waals surface area contributed by atoms with Crippen LogP contribution in [-0.4, -0.2) is 25.0 Å². The normalized spacial score (nSPS) is 19.3. The number of carbonyl (C=O) groups is 1. The third-order valence-electron chi connectivity index (χ3n) is 3.31. The fourth-order valence-electron chi connectivity index (χ4n) is 2.22. The average Bonchev–Trinajstić information content (AvgIpc) is 2.82. The summed E-state index contributed by atoms with van der Waals surface area (Å²) in [5.41, 5.74) is 2.95. The van der Waals surface area contributed by atoms with Crippen LogP contribution in [0.1, 0.15) is 34.3 Å². The van der Waals surface area contributed by atoms with E-state index in [-0.39, 0.29) is 5.91 Å². The molecule has 3 heteroatoms. The minimum absolute atomic E-state index is 0.0416. The fourth-order valence-corrected chi connectivity index (χ4v) is 2.22. The van der Waals surface area contributed by atoms with Gasteiger partial charge in [-0.1, -0.05) is 17.7 Å². The zero-order valence-electron chi connectivity index (χ0n) is 10.5. The summed E-state index contributed by atoms with van der Waals surface area (Å²) in [5.74, 6) is 0.0416. The number of aryl methyl sites for hydroxylation is 2. The Morgan fingerprint density at radius 1 is 1.47 bits per heavy atom. The van der Waals surface area contributed by atoms with Gasteiger partial charge in [0.05, 0.1) is 0 Å². The Labute approximate surface area is 103 Å². The maximum Gasteiger partial charge on any atom is 0.251 e. The zero-order chi connectivity index (χ0) is 12.3. The highest BCUT2D eigenvalue weighted by Gasteiger charge is 2.15. The third-order valence-corrected chi connectivity index (χ3v) is 3.31. The Hall–Kier alpha value is -1.35. The molecule has 1 amide bonds. The van der Waals surface area contributed by atoms with E-state index in [0.717, 1.165) is 36.2 Å². The van der Waals surface area contributed by atoms with E-state index in [1.165, 1.54) is 6.42 Å². The molecule has 3 nitrogen and oxygen atoms in total. The van der Waals surface area contributed by atoms with E-state index < -0.39 is 0 Å². The first-order valence-electron chi connectivity index (χ1n) is 6.25. The number of nitrogens with one attached hydrogen (secondary N) is 2. The highest BCUT2D eigenvalue weighted by molar-refractivity contribution is 5.95. The Morgan fingerprint density at radius 2 is 2.29 bits per heavy atom. The maximum absolute atomic E-state index is 12.0. The number of amides is 1. The molecule has 2 N–H and O–H groups in total. The van der Waals surface area contributed by atoms with Crippen molar-refractivity contribution in [3.63, 3.8) is 0 Å². The fraction of sp³-hybridized carbons (Fsp3) is 0.500. The van der Waals surface area contributed by atoms with E-state index in [4.69, 9.17) is 0 Å². The lowest BCUT2D eigenvalue weighted by atomic mass is 10.0. The highest BCUT2D eigenvalue weighted by Crippen LogP contribution is 2.11. The molecule has 1 aromatic rings. The number of rotatable bonds is 3. The summed E-state index contributed by atoms with van der Waals surface area (Å²) in [6, 6.07) is 6.43. The molecule has 1 unspecified atom stereocenters. The van der Waals surface area contributed by atoms with Crippen LogP contribution in [0.2, 0.25) is 0 Å². The van der Waals surface area contributed by atoms with Gasteiger partial charge in [0.2, 0.25) is 0 Å². The molecule has 1 aliphatic heterocycles. The molecule has 1 atom stereocenters. The van der Waals surface area contributed by atoms with Crippen LogP contribution in [0.3, 0.4) is 0 Å². The molecule has 0 aromatic heterocycles. The topological polar surface area (TPSA) is 41.1 Å². The molecule has 1 fully saturated rings. The first kappa shape index (κ1) is 12.1. The van der Waals surface area contributed by atoms with Crippen molar-refractivity contribution in [3.05, 3.63) is 34.9 Å². The largest absolute Gasteiger partial charge is 0.350 e. The van der Waals surface area contributed by atoms with Gasteiger partial charge in [0, 0.05) is 18.2 Å². The van der Waals surface area contributed by atoms with Crippen LogP contribution in [0.25, 0.3) is 0 Å². The van der Waals surface area contributed by atoms with Crippen LogP contribution in [0.15, 0.2) is 18.2 Å². The van der Waals surface area contributed by atoms with Gasteiger partial charge < -0.3 is 10.6 Å². The standard InChI is InChI=1S/C14H20N2O/c1-10-5-6-11(2)13(8-10)14(17)16-9-12-4-3-7-15-12/h5-6,8,12,15H,3-4,7,9H2,1-2H3,(H,16,17). The molecule has 0 spiro atoms. The van der Waals surface area contributed by atoms with Crippen molar-refractivity contribution in [1.82, 2.24) is 10.6 Å². The van der Waals surface area contributed by atoms with E-state index in [1.54, 1.807) is 0 Å². The van der Waals surface area contributed by atoms with E-state index >= 15 is 0 Å². The molecule has 1 heterocycles. The van der Waals surface area contributed by atoms with Gasteiger partial charge in [0.25, 0.3) is 5.91 Å². The molecule has 0 radical (unpaired) electrons. The van der Waals surface area contributed by atoms with Crippen molar-refractivity contribution < 1.29 is 4.79 Å². The van der Waals surface area contributed by atoms with Gasteiger partial charge in [0.15, 0.2) is 0 Å². The van der Waals surface area contributed by atoms with Gasteiger partial charge in [-0.05, 0) is 44.9 Å². The van der Waals surface area contributed by atoms with Gasteiger partial charge >= 0.3 is 0 Å². The Kier molecular flexibility index (Phi) is 3.79. The van der Waals surface area contributed by atoms with Crippen molar-refractivity contribution in [2.45, 2.75) is 32.7 Å². The molecule has 92 valence electrons. The molecule has 0 bridgehead atoms. The summed E-state index contributed by atoms with van der Waals surface area (Å²) in [7, 11) is 0. The molecular formula is C14H20N2O. The molecule has 17 heavy (non-hydrogen) atoms. The van der Waals surface area contributed by atoms with E-state index in [9.17, 15) is 4.79 Å². The lowest BCUT2D eigenvalue weighted by Crippen LogP contribution is -2.37. The van der Waals surface area contributed by atoms with Gasteiger partial charge in [-0.25, -0.2) is 0 Å². The Morgan fingerprint density at radius 3 is 3.00 bits per heavy atom. The second-order valence-electron chi connectivity index (χ2n) is 4.82. The van der Waals surface area contributed by atoms with Crippen LogP contribution >= 0.6 is 0 Å². The van der Waals surface area contributed by atoms with Gasteiger partial charge in [0.1, 0.15) is 0 Å². The lowest BCUT2D eigenvalue weighted by Gasteiger charge is -2.12. The van der Waals surface area contributed by atoms with Crippen molar-refractivity contribution in [2.24, 2.45) is 0 Å². The molecule has 1 aromatic carbocycles. The first-order valence-corrected chi connectivity index (χ1v) is 6.25. The zero-order valence-corrected chi connectivity index (χ0v) is 10.5. The van der Waals surface area contributed by atoms with Crippen LogP contribution in [0.5, 0.6) is 0 Å². The van der Waals surface area contributed by atoms with Gasteiger partial charge in [-0.3, -0.25) is 4.79 Å². The summed E-state index contributed by atoms with van der Waals surface area (Å²) in [5, 5.41) is 6.38. The number of hydrogen-bond acceptors (Lipinski definition) is 2. The third kappa shape index (κ3) is 3.07. The maximum atomic E-state index is 12.0. The van der Waals surface area contributed by atoms with E-state index in [0.29, 0.717) is 6.04 Å². The molecule has 0 saturated carbocycles. The monoisotopic (exact) mass is 232 g/mol. The molecule has 2 rings (SSSR count). The van der Waals surface area contributed by atoms with Crippen LogP contribution in [-0.2, 0) is 0 Å². The molecular weight excluding hydrogens is 212 g/mol. The summed E-state index contributed by atoms with van der Waals surface area (Å²) in [6.07, 6.45) is 2.37. The van der Waals surface area contributed by atoms with Crippen LogP contribution in [0, 0.1) is 13.8 Å². The SMILES string of the molecule is Cc1ccc(C)c(C(=O)NCC2CCCN2)c1. The average molecular weight is 232 g/mol. The second kappa shape index (κ2) is 5.32. The minimum atomic E-state index is 0.0416. The summed E-state index contributed by atoms with van der Waals surface area (Å²) < 4.78 is 0. The minimum Gasteiger partial charge on any atom is -0.350 e. The van der Waals surface area contributed by atoms with E-state index in [2.05, 4.69) is 10.6 Å². The smallest absolute Gasteiger partial charge is 0.251 e. The summed E-state index contributed by atoms with van der Waals surface area (Å²) in [6.45, 7) is 5.78. The van der Waals surface area contributed by atoms with Crippen LogP contribution < -0.4 is 10.6 Å². The Bertz CT molecular complexity index is 409. The lowest BCUT2D eigenvalue weighted by molar-refractivity contribution is 0.0949. The predicted octanol–water partition coefficient (Wildman–Crippen LogP) is 1.79. The van der Waals surface area contributed by atoms with Crippen molar-refractivity contribution in [3.8, 4) is 0 Å². The van der Waals surface area contributed by atoms with Gasteiger partial charge in [-0.15, -0.1) is 0 Å². The van der Waals surface area contributed by atoms with E-state index in [1.807, 2.05) is 32.0 Å². The molecule has 1 aliphatic rings. The van der Waals surface area contributed by atoms with Crippen molar-refractivity contribution in [2.75, 3.05) is 13.1 Å². The van der Waals surface area contributed by atoms with Crippen LogP contribution in [0.4, 0.5) is 0 Å². The molecule has 1 saturated heterocycles.